The molecule has 0 spiro atoms. The zero-order valence-electron chi connectivity index (χ0n) is 12.6. The summed E-state index contributed by atoms with van der Waals surface area (Å²) in [5.41, 5.74) is 0.787. The number of aryl methyl sites for hydroxylation is 2. The summed E-state index contributed by atoms with van der Waals surface area (Å²) in [6, 6.07) is -1.67. The molecule has 124 valence electrons. The highest BCUT2D eigenvalue weighted by molar-refractivity contribution is 5.95. The third-order valence-corrected chi connectivity index (χ3v) is 3.68. The fourth-order valence-electron chi connectivity index (χ4n) is 2.55. The van der Waals surface area contributed by atoms with Crippen molar-refractivity contribution in [3.8, 4) is 0 Å². The van der Waals surface area contributed by atoms with E-state index in [-0.39, 0.29) is 0 Å². The molecule has 1 saturated heterocycles. The van der Waals surface area contributed by atoms with Gasteiger partial charge in [0.2, 0.25) is 0 Å². The van der Waals surface area contributed by atoms with Crippen LogP contribution >= 0.6 is 0 Å². The van der Waals surface area contributed by atoms with Crippen molar-refractivity contribution in [2.75, 3.05) is 32.7 Å². The fourth-order valence-corrected chi connectivity index (χ4v) is 2.55. The smallest absolute Gasteiger partial charge is 0.350 e. The van der Waals surface area contributed by atoms with E-state index in [0.29, 0.717) is 37.4 Å². The number of carbonyl (C=O) groups is 1. The fraction of sp³-hybridized carbons (Fsp3) is 0.692. The highest BCUT2D eigenvalue weighted by Gasteiger charge is 2.43. The Morgan fingerprint density at radius 1 is 1.45 bits per heavy atom. The Balaban J connectivity index is 2.01. The van der Waals surface area contributed by atoms with E-state index in [1.54, 1.807) is 14.0 Å². The van der Waals surface area contributed by atoms with E-state index in [2.05, 4.69) is 15.7 Å². The molecule has 0 aliphatic carbocycles. The predicted octanol–water partition coefficient (Wildman–Crippen LogP) is 0.294. The molecule has 2 rings (SSSR count). The van der Waals surface area contributed by atoms with E-state index >= 15 is 0 Å². The number of hydrogen-bond donors (Lipinski definition) is 2. The van der Waals surface area contributed by atoms with Gasteiger partial charge in [-0.1, -0.05) is 0 Å². The molecule has 1 unspecified atom stereocenters. The molecule has 9 heteroatoms. The second kappa shape index (κ2) is 6.66. The summed E-state index contributed by atoms with van der Waals surface area (Å²) in [4.78, 5) is 13.4. The number of piperazine rings is 1. The van der Waals surface area contributed by atoms with E-state index in [9.17, 15) is 18.0 Å². The molecule has 1 aromatic rings. The summed E-state index contributed by atoms with van der Waals surface area (Å²) < 4.78 is 41.1. The lowest BCUT2D eigenvalue weighted by Gasteiger charge is -2.35. The number of nitrogens with one attached hydrogen (secondary N) is 2. The van der Waals surface area contributed by atoms with E-state index < -0.39 is 24.7 Å². The van der Waals surface area contributed by atoms with Crippen LogP contribution in [0.25, 0.3) is 0 Å². The molecule has 0 aromatic carbocycles. The Morgan fingerprint density at radius 3 is 2.59 bits per heavy atom. The Labute approximate surface area is 126 Å². The minimum absolute atomic E-state index is 0.295. The van der Waals surface area contributed by atoms with Gasteiger partial charge < -0.3 is 10.6 Å². The number of halogens is 3. The lowest BCUT2D eigenvalue weighted by Crippen LogP contribution is -2.57. The van der Waals surface area contributed by atoms with E-state index in [1.807, 2.05) is 0 Å². The van der Waals surface area contributed by atoms with Crippen molar-refractivity contribution in [1.82, 2.24) is 25.3 Å². The van der Waals surface area contributed by atoms with Crippen molar-refractivity contribution in [2.24, 2.45) is 7.05 Å². The normalized spacial score (nSPS) is 18.2. The van der Waals surface area contributed by atoms with Crippen LogP contribution in [0.15, 0.2) is 6.20 Å². The molecule has 0 saturated carbocycles. The Hall–Kier alpha value is -1.61. The molecule has 6 nitrogen and oxygen atoms in total. The monoisotopic (exact) mass is 319 g/mol. The summed E-state index contributed by atoms with van der Waals surface area (Å²) in [7, 11) is 1.66. The maximum Gasteiger partial charge on any atom is 0.405 e. The second-order valence-electron chi connectivity index (χ2n) is 5.36. The third-order valence-electron chi connectivity index (χ3n) is 3.68. The quantitative estimate of drug-likeness (QED) is 0.838. The molecule has 1 aromatic heterocycles. The van der Waals surface area contributed by atoms with E-state index in [4.69, 9.17) is 0 Å². The van der Waals surface area contributed by atoms with Gasteiger partial charge in [0.15, 0.2) is 0 Å². The van der Waals surface area contributed by atoms with Gasteiger partial charge >= 0.3 is 6.18 Å². The maximum atomic E-state index is 13.2. The van der Waals surface area contributed by atoms with Gasteiger partial charge in [-0.15, -0.1) is 0 Å². The summed E-state index contributed by atoms with van der Waals surface area (Å²) >= 11 is 0. The molecule has 1 fully saturated rings. The van der Waals surface area contributed by atoms with Gasteiger partial charge in [-0.25, -0.2) is 0 Å². The molecule has 1 aliphatic rings. The average Bonchev–Trinajstić information content (AvgIpc) is 2.77. The minimum Gasteiger partial charge on any atom is -0.350 e. The molecule has 2 N–H and O–H groups in total. The summed E-state index contributed by atoms with van der Waals surface area (Å²) in [6.45, 7) is 2.84. The predicted molar refractivity (Wildman–Crippen MR) is 74.6 cm³/mol. The highest BCUT2D eigenvalue weighted by Crippen LogP contribution is 2.24. The third kappa shape index (κ3) is 3.98. The van der Waals surface area contributed by atoms with Crippen LogP contribution in [-0.2, 0) is 7.05 Å². The average molecular weight is 319 g/mol. The Kier molecular flexibility index (Phi) is 5.07. The van der Waals surface area contributed by atoms with Crippen LogP contribution in [0, 0.1) is 6.92 Å². The SMILES string of the molecule is Cc1nn(C)cc1C(=O)NCC(N1CCNCC1)C(F)(F)F. The van der Waals surface area contributed by atoms with Crippen LogP contribution in [-0.4, -0.2) is 65.5 Å². The topological polar surface area (TPSA) is 62.2 Å². The zero-order valence-corrected chi connectivity index (χ0v) is 12.6. The first-order chi connectivity index (χ1) is 10.3. The number of carbonyl (C=O) groups excluding carboxylic acids is 1. The molecule has 0 bridgehead atoms. The molecule has 2 heterocycles. The van der Waals surface area contributed by atoms with E-state index in [0.717, 1.165) is 0 Å². The van der Waals surface area contributed by atoms with Gasteiger partial charge in [-0.3, -0.25) is 14.4 Å². The number of aromatic nitrogens is 2. The van der Waals surface area contributed by atoms with E-state index in [1.165, 1.54) is 15.8 Å². The van der Waals surface area contributed by atoms with Crippen LogP contribution in [0.1, 0.15) is 16.1 Å². The van der Waals surface area contributed by atoms with Crippen molar-refractivity contribution in [2.45, 2.75) is 19.1 Å². The van der Waals surface area contributed by atoms with Gasteiger partial charge in [0.25, 0.3) is 5.91 Å². The first-order valence-electron chi connectivity index (χ1n) is 7.09. The van der Waals surface area contributed by atoms with Crippen molar-refractivity contribution in [3.63, 3.8) is 0 Å². The van der Waals surface area contributed by atoms with Gasteiger partial charge in [0, 0.05) is 46.0 Å². The van der Waals surface area contributed by atoms with Crippen LogP contribution in [0.2, 0.25) is 0 Å². The van der Waals surface area contributed by atoms with Gasteiger partial charge in [0.1, 0.15) is 6.04 Å². The molecule has 1 aliphatic heterocycles. The van der Waals surface area contributed by atoms with Gasteiger partial charge in [-0.05, 0) is 6.92 Å². The molecular weight excluding hydrogens is 299 g/mol. The molecule has 0 radical (unpaired) electrons. The van der Waals surface area contributed by atoms with Crippen LogP contribution in [0.5, 0.6) is 0 Å². The zero-order chi connectivity index (χ0) is 16.3. The number of rotatable bonds is 4. The Bertz CT molecular complexity index is 522. The molecule has 1 atom stereocenters. The number of alkyl halides is 3. The summed E-state index contributed by atoms with van der Waals surface area (Å²) in [5.74, 6) is -0.532. The first kappa shape index (κ1) is 16.8. The van der Waals surface area contributed by atoms with Crippen molar-refractivity contribution in [1.29, 1.82) is 0 Å². The molecular formula is C13H20F3N5O. The van der Waals surface area contributed by atoms with Crippen LogP contribution in [0.3, 0.4) is 0 Å². The first-order valence-corrected chi connectivity index (χ1v) is 7.09. The lowest BCUT2D eigenvalue weighted by atomic mass is 10.2. The standard InChI is InChI=1S/C13H20F3N5O/c1-9-10(8-20(2)19-9)12(22)18-7-11(13(14,15)16)21-5-3-17-4-6-21/h8,11,17H,3-7H2,1-2H3,(H,18,22). The largest absolute Gasteiger partial charge is 0.405 e. The van der Waals surface area contributed by atoms with Gasteiger partial charge in [0.05, 0.1) is 11.3 Å². The maximum absolute atomic E-state index is 13.2. The Morgan fingerprint density at radius 2 is 2.09 bits per heavy atom. The molecule has 22 heavy (non-hydrogen) atoms. The lowest BCUT2D eigenvalue weighted by molar-refractivity contribution is -0.183. The number of hydrogen-bond acceptors (Lipinski definition) is 4. The summed E-state index contributed by atoms with van der Waals surface area (Å²) in [6.07, 6.45) is -2.88. The highest BCUT2D eigenvalue weighted by atomic mass is 19.4. The van der Waals surface area contributed by atoms with Crippen LogP contribution in [0.4, 0.5) is 13.2 Å². The van der Waals surface area contributed by atoms with Crippen LogP contribution < -0.4 is 10.6 Å². The number of amides is 1. The summed E-state index contributed by atoms with van der Waals surface area (Å²) in [5, 5.41) is 9.41. The number of nitrogens with zero attached hydrogens (tertiary/aromatic N) is 3. The minimum atomic E-state index is -4.38. The van der Waals surface area contributed by atoms with Gasteiger partial charge in [-0.2, -0.15) is 18.3 Å². The molecule has 1 amide bonds. The second-order valence-corrected chi connectivity index (χ2v) is 5.36. The van der Waals surface area contributed by atoms with Crippen molar-refractivity contribution < 1.29 is 18.0 Å². The van der Waals surface area contributed by atoms with Crippen molar-refractivity contribution >= 4 is 5.91 Å². The van der Waals surface area contributed by atoms with Crippen molar-refractivity contribution in [3.05, 3.63) is 17.5 Å².